The van der Waals surface area contributed by atoms with E-state index in [0.29, 0.717) is 24.4 Å². The monoisotopic (exact) mass is 226 g/mol. The second-order valence-corrected chi connectivity index (χ2v) is 3.84. The lowest BCUT2D eigenvalue weighted by Crippen LogP contribution is -2.05. The van der Waals surface area contributed by atoms with E-state index in [9.17, 15) is 4.79 Å². The topological polar surface area (TPSA) is 56.0 Å². The average molecular weight is 227 g/mol. The molecule has 82 valence electrons. The van der Waals surface area contributed by atoms with Gasteiger partial charge in [-0.05, 0) is 31.0 Å². The first-order valence-corrected chi connectivity index (χ1v) is 5.42. The Morgan fingerprint density at radius 1 is 1.47 bits per heavy atom. The molecule has 0 aliphatic carbocycles. The Labute approximate surface area is 94.6 Å². The molecule has 0 amide bonds. The van der Waals surface area contributed by atoms with Crippen molar-refractivity contribution in [2.24, 2.45) is 5.73 Å². The summed E-state index contributed by atoms with van der Waals surface area (Å²) in [5.41, 5.74) is 6.20. The summed E-state index contributed by atoms with van der Waals surface area (Å²) in [4.78, 5) is 15.4. The number of aromatic nitrogens is 1. The van der Waals surface area contributed by atoms with E-state index in [1.807, 2.05) is 0 Å². The molecule has 0 aromatic carbocycles. The van der Waals surface area contributed by atoms with Crippen molar-refractivity contribution < 1.29 is 4.79 Å². The summed E-state index contributed by atoms with van der Waals surface area (Å²) >= 11 is 5.89. The van der Waals surface area contributed by atoms with Crippen LogP contribution in [0.4, 0.5) is 0 Å². The van der Waals surface area contributed by atoms with Crippen molar-refractivity contribution in [3.05, 3.63) is 29.0 Å². The second kappa shape index (κ2) is 6.53. The van der Waals surface area contributed by atoms with Crippen molar-refractivity contribution in [2.75, 3.05) is 6.54 Å². The Balaban J connectivity index is 2.41. The molecular weight excluding hydrogens is 212 g/mol. The zero-order chi connectivity index (χ0) is 11.1. The third-order valence-electron chi connectivity index (χ3n) is 2.15. The van der Waals surface area contributed by atoms with Crippen LogP contribution in [0.5, 0.6) is 0 Å². The highest BCUT2D eigenvalue weighted by Crippen LogP contribution is 2.15. The fourth-order valence-corrected chi connectivity index (χ4v) is 1.50. The molecule has 1 rings (SSSR count). The third-order valence-corrected chi connectivity index (χ3v) is 2.49. The van der Waals surface area contributed by atoms with Crippen LogP contribution in [-0.4, -0.2) is 17.3 Å². The maximum Gasteiger partial charge on any atom is 0.137 e. The fraction of sp³-hybridized carbons (Fsp3) is 0.455. The molecule has 2 N–H and O–H groups in total. The molecule has 0 unspecified atom stereocenters. The first-order chi connectivity index (χ1) is 7.24. The van der Waals surface area contributed by atoms with Gasteiger partial charge in [0, 0.05) is 25.2 Å². The van der Waals surface area contributed by atoms with Crippen molar-refractivity contribution >= 4 is 17.4 Å². The molecule has 0 bridgehead atoms. The third kappa shape index (κ3) is 4.40. The van der Waals surface area contributed by atoms with Gasteiger partial charge < -0.3 is 5.73 Å². The van der Waals surface area contributed by atoms with E-state index in [2.05, 4.69) is 4.98 Å². The molecule has 0 spiro atoms. The Kier molecular flexibility index (Phi) is 5.29. The molecule has 4 heteroatoms. The summed E-state index contributed by atoms with van der Waals surface area (Å²) in [6, 6.07) is 1.78. The van der Waals surface area contributed by atoms with Crippen LogP contribution in [0.1, 0.15) is 24.8 Å². The van der Waals surface area contributed by atoms with Crippen LogP contribution in [0.2, 0.25) is 5.02 Å². The van der Waals surface area contributed by atoms with Gasteiger partial charge in [0.1, 0.15) is 5.78 Å². The highest BCUT2D eigenvalue weighted by atomic mass is 35.5. The SMILES string of the molecule is NCCCCC(=O)Cc1ccncc1Cl. The number of rotatable bonds is 6. The van der Waals surface area contributed by atoms with Crippen molar-refractivity contribution in [3.8, 4) is 0 Å². The minimum absolute atomic E-state index is 0.205. The molecule has 1 heterocycles. The van der Waals surface area contributed by atoms with E-state index in [0.717, 1.165) is 18.4 Å². The molecule has 0 aliphatic heterocycles. The van der Waals surface area contributed by atoms with Gasteiger partial charge in [-0.2, -0.15) is 0 Å². The molecule has 0 radical (unpaired) electrons. The van der Waals surface area contributed by atoms with Gasteiger partial charge in [-0.1, -0.05) is 11.6 Å². The van der Waals surface area contributed by atoms with Gasteiger partial charge in [-0.15, -0.1) is 0 Å². The smallest absolute Gasteiger partial charge is 0.137 e. The minimum atomic E-state index is 0.205. The molecule has 0 aliphatic rings. The van der Waals surface area contributed by atoms with E-state index in [1.165, 1.54) is 0 Å². The summed E-state index contributed by atoms with van der Waals surface area (Å²) < 4.78 is 0. The van der Waals surface area contributed by atoms with Gasteiger partial charge in [0.2, 0.25) is 0 Å². The quantitative estimate of drug-likeness (QED) is 0.755. The van der Waals surface area contributed by atoms with Crippen LogP contribution in [0.25, 0.3) is 0 Å². The summed E-state index contributed by atoms with van der Waals surface area (Å²) in [7, 11) is 0. The maximum absolute atomic E-state index is 11.5. The number of pyridine rings is 1. The zero-order valence-corrected chi connectivity index (χ0v) is 9.33. The van der Waals surface area contributed by atoms with Gasteiger partial charge in [0.05, 0.1) is 5.02 Å². The number of nitrogens with two attached hydrogens (primary N) is 1. The van der Waals surface area contributed by atoms with Crippen LogP contribution < -0.4 is 5.73 Å². The Hall–Kier alpha value is -0.930. The van der Waals surface area contributed by atoms with Crippen LogP contribution in [-0.2, 0) is 11.2 Å². The number of halogens is 1. The van der Waals surface area contributed by atoms with Crippen LogP contribution in [0.3, 0.4) is 0 Å². The van der Waals surface area contributed by atoms with Crippen LogP contribution in [0.15, 0.2) is 18.5 Å². The van der Waals surface area contributed by atoms with E-state index in [1.54, 1.807) is 18.5 Å². The first-order valence-electron chi connectivity index (χ1n) is 5.04. The van der Waals surface area contributed by atoms with Crippen LogP contribution >= 0.6 is 11.6 Å². The predicted octanol–water partition coefficient (Wildman–Crippen LogP) is 1.98. The normalized spacial score (nSPS) is 10.3. The first kappa shape index (κ1) is 12.1. The summed E-state index contributed by atoms with van der Waals surface area (Å²) in [5, 5.41) is 0.560. The molecule has 1 aromatic rings. The van der Waals surface area contributed by atoms with E-state index in [4.69, 9.17) is 17.3 Å². The standard InChI is InChI=1S/C11H15ClN2O/c12-11-8-14-6-4-9(11)7-10(15)3-1-2-5-13/h4,6,8H,1-3,5,7,13H2. The van der Waals surface area contributed by atoms with Gasteiger partial charge >= 0.3 is 0 Å². The predicted molar refractivity (Wildman–Crippen MR) is 60.9 cm³/mol. The van der Waals surface area contributed by atoms with Crippen molar-refractivity contribution in [2.45, 2.75) is 25.7 Å². The lowest BCUT2D eigenvalue weighted by atomic mass is 10.1. The van der Waals surface area contributed by atoms with E-state index < -0.39 is 0 Å². The number of hydrogen-bond acceptors (Lipinski definition) is 3. The number of Topliss-reactive ketones (excluding diaryl/α,β-unsaturated/α-hetero) is 1. The van der Waals surface area contributed by atoms with E-state index >= 15 is 0 Å². The molecule has 1 aromatic heterocycles. The molecule has 0 atom stereocenters. The van der Waals surface area contributed by atoms with Gasteiger partial charge in [0.15, 0.2) is 0 Å². The summed E-state index contributed by atoms with van der Waals surface area (Å²) in [6.07, 6.45) is 5.94. The molecule has 15 heavy (non-hydrogen) atoms. The zero-order valence-electron chi connectivity index (χ0n) is 8.58. The van der Waals surface area contributed by atoms with Gasteiger partial charge in [-0.3, -0.25) is 9.78 Å². The van der Waals surface area contributed by atoms with Gasteiger partial charge in [-0.25, -0.2) is 0 Å². The van der Waals surface area contributed by atoms with E-state index in [-0.39, 0.29) is 5.78 Å². The lowest BCUT2D eigenvalue weighted by molar-refractivity contribution is -0.118. The number of unbranched alkanes of at least 4 members (excludes halogenated alkanes) is 1. The van der Waals surface area contributed by atoms with Crippen molar-refractivity contribution in [1.82, 2.24) is 4.98 Å². The van der Waals surface area contributed by atoms with Crippen molar-refractivity contribution in [3.63, 3.8) is 0 Å². The second-order valence-electron chi connectivity index (χ2n) is 3.43. The highest BCUT2D eigenvalue weighted by Gasteiger charge is 2.06. The van der Waals surface area contributed by atoms with Crippen molar-refractivity contribution in [1.29, 1.82) is 0 Å². The number of hydrogen-bond donors (Lipinski definition) is 1. The Morgan fingerprint density at radius 2 is 2.27 bits per heavy atom. The van der Waals surface area contributed by atoms with Gasteiger partial charge in [0.25, 0.3) is 0 Å². The molecule has 0 saturated heterocycles. The Bertz CT molecular complexity index is 328. The molecule has 0 fully saturated rings. The summed E-state index contributed by atoms with van der Waals surface area (Å²) in [6.45, 7) is 0.642. The van der Waals surface area contributed by atoms with Crippen LogP contribution in [0, 0.1) is 0 Å². The lowest BCUT2D eigenvalue weighted by Gasteiger charge is -2.02. The number of nitrogens with zero attached hydrogens (tertiary/aromatic N) is 1. The molecule has 3 nitrogen and oxygen atoms in total. The fourth-order valence-electron chi connectivity index (χ4n) is 1.31. The number of carbonyl (C=O) groups is 1. The largest absolute Gasteiger partial charge is 0.330 e. The summed E-state index contributed by atoms with van der Waals surface area (Å²) in [5.74, 6) is 0.205. The average Bonchev–Trinajstić information content (AvgIpc) is 2.22. The number of ketones is 1. The minimum Gasteiger partial charge on any atom is -0.330 e. The molecule has 0 saturated carbocycles. The number of carbonyl (C=O) groups excluding carboxylic acids is 1. The highest BCUT2D eigenvalue weighted by molar-refractivity contribution is 6.31. The Morgan fingerprint density at radius 3 is 2.93 bits per heavy atom. The maximum atomic E-state index is 11.5. The molecular formula is C11H15ClN2O.